The lowest BCUT2D eigenvalue weighted by Gasteiger charge is -2.10. The van der Waals surface area contributed by atoms with Crippen LogP contribution in [-0.4, -0.2) is 26.1 Å². The standard InChI is InChI=1S/C13H18ClN3/c1-3-9-16-13(15-2)17-10-8-11-6-4-5-7-12(11)14/h3-7H,1,8-10H2,2H3,(H2,15,16,17). The summed E-state index contributed by atoms with van der Waals surface area (Å²) in [6.45, 7) is 5.14. The van der Waals surface area contributed by atoms with Gasteiger partial charge in [-0.05, 0) is 18.1 Å². The smallest absolute Gasteiger partial charge is 0.191 e. The molecule has 0 fully saturated rings. The average Bonchev–Trinajstić information content (AvgIpc) is 2.35. The Kier molecular flexibility index (Phi) is 6.18. The summed E-state index contributed by atoms with van der Waals surface area (Å²) in [7, 11) is 1.74. The van der Waals surface area contributed by atoms with Crippen molar-refractivity contribution in [3.05, 3.63) is 47.5 Å². The van der Waals surface area contributed by atoms with Gasteiger partial charge in [-0.2, -0.15) is 0 Å². The molecule has 3 nitrogen and oxygen atoms in total. The molecule has 2 N–H and O–H groups in total. The van der Waals surface area contributed by atoms with Crippen LogP contribution in [-0.2, 0) is 6.42 Å². The molecule has 0 aromatic heterocycles. The average molecular weight is 252 g/mol. The molecule has 1 rings (SSSR count). The van der Waals surface area contributed by atoms with Gasteiger partial charge in [0, 0.05) is 25.2 Å². The van der Waals surface area contributed by atoms with E-state index in [1.54, 1.807) is 13.1 Å². The van der Waals surface area contributed by atoms with E-state index < -0.39 is 0 Å². The van der Waals surface area contributed by atoms with Crippen LogP contribution < -0.4 is 10.6 Å². The fourth-order valence-electron chi connectivity index (χ4n) is 1.41. The van der Waals surface area contributed by atoms with Gasteiger partial charge in [0.25, 0.3) is 0 Å². The van der Waals surface area contributed by atoms with Crippen molar-refractivity contribution in [2.45, 2.75) is 6.42 Å². The number of benzene rings is 1. The minimum atomic E-state index is 0.700. The van der Waals surface area contributed by atoms with Crippen LogP contribution in [0.5, 0.6) is 0 Å². The summed E-state index contributed by atoms with van der Waals surface area (Å²) >= 11 is 6.07. The van der Waals surface area contributed by atoms with Crippen LogP contribution in [0.3, 0.4) is 0 Å². The van der Waals surface area contributed by atoms with E-state index in [4.69, 9.17) is 11.6 Å². The van der Waals surface area contributed by atoms with Crippen LogP contribution >= 0.6 is 11.6 Å². The van der Waals surface area contributed by atoms with Crippen LogP contribution in [0.2, 0.25) is 5.02 Å². The van der Waals surface area contributed by atoms with Crippen molar-refractivity contribution < 1.29 is 0 Å². The Morgan fingerprint density at radius 3 is 2.82 bits per heavy atom. The molecule has 1 aromatic carbocycles. The van der Waals surface area contributed by atoms with E-state index >= 15 is 0 Å². The van der Waals surface area contributed by atoms with Crippen molar-refractivity contribution >= 4 is 17.6 Å². The van der Waals surface area contributed by atoms with Crippen molar-refractivity contribution in [1.29, 1.82) is 0 Å². The Hall–Kier alpha value is -1.48. The summed E-state index contributed by atoms with van der Waals surface area (Å²) in [4.78, 5) is 4.09. The molecule has 4 heteroatoms. The van der Waals surface area contributed by atoms with Gasteiger partial charge < -0.3 is 10.6 Å². The van der Waals surface area contributed by atoms with E-state index in [9.17, 15) is 0 Å². The summed E-state index contributed by atoms with van der Waals surface area (Å²) in [5.41, 5.74) is 1.14. The maximum absolute atomic E-state index is 6.07. The van der Waals surface area contributed by atoms with Crippen LogP contribution in [0.4, 0.5) is 0 Å². The first-order valence-corrected chi connectivity index (χ1v) is 5.94. The quantitative estimate of drug-likeness (QED) is 0.478. The molecule has 0 saturated carbocycles. The third kappa shape index (κ3) is 4.91. The Bertz CT molecular complexity index is 388. The van der Waals surface area contributed by atoms with Crippen LogP contribution in [0.1, 0.15) is 5.56 Å². The Morgan fingerprint density at radius 1 is 1.41 bits per heavy atom. The van der Waals surface area contributed by atoms with Gasteiger partial charge in [0.2, 0.25) is 0 Å². The van der Waals surface area contributed by atoms with Gasteiger partial charge in [-0.1, -0.05) is 35.9 Å². The van der Waals surface area contributed by atoms with Gasteiger partial charge in [-0.25, -0.2) is 0 Å². The highest BCUT2D eigenvalue weighted by Crippen LogP contribution is 2.14. The molecule has 0 bridgehead atoms. The first-order chi connectivity index (χ1) is 8.27. The third-order valence-electron chi connectivity index (χ3n) is 2.28. The molecule has 0 amide bonds. The third-order valence-corrected chi connectivity index (χ3v) is 2.65. The molecule has 17 heavy (non-hydrogen) atoms. The molecule has 0 aliphatic carbocycles. The maximum atomic E-state index is 6.07. The number of aliphatic imine (C=N–C) groups is 1. The lowest BCUT2D eigenvalue weighted by molar-refractivity contribution is 0.822. The van der Waals surface area contributed by atoms with Crippen LogP contribution in [0, 0.1) is 0 Å². The normalized spacial score (nSPS) is 11.1. The molecular weight excluding hydrogens is 234 g/mol. The molecule has 0 heterocycles. The number of halogens is 1. The molecule has 0 aliphatic heterocycles. The van der Waals surface area contributed by atoms with E-state index in [2.05, 4.69) is 22.2 Å². The second-order valence-corrected chi connectivity index (χ2v) is 3.92. The lowest BCUT2D eigenvalue weighted by atomic mass is 10.1. The Labute approximate surface area is 108 Å². The minimum absolute atomic E-state index is 0.700. The van der Waals surface area contributed by atoms with Crippen molar-refractivity contribution in [3.8, 4) is 0 Å². The summed E-state index contributed by atoms with van der Waals surface area (Å²) < 4.78 is 0. The van der Waals surface area contributed by atoms with E-state index in [0.717, 1.165) is 29.5 Å². The fraction of sp³-hybridized carbons (Fsp3) is 0.308. The van der Waals surface area contributed by atoms with Gasteiger partial charge >= 0.3 is 0 Å². The zero-order valence-electron chi connectivity index (χ0n) is 10.0. The van der Waals surface area contributed by atoms with Gasteiger partial charge in [0.05, 0.1) is 0 Å². The van der Waals surface area contributed by atoms with E-state index in [1.807, 2.05) is 24.3 Å². The highest BCUT2D eigenvalue weighted by atomic mass is 35.5. The van der Waals surface area contributed by atoms with Crippen LogP contribution in [0.15, 0.2) is 41.9 Å². The number of nitrogens with zero attached hydrogens (tertiary/aromatic N) is 1. The minimum Gasteiger partial charge on any atom is -0.356 e. The number of nitrogens with one attached hydrogen (secondary N) is 2. The predicted molar refractivity (Wildman–Crippen MR) is 74.7 cm³/mol. The second-order valence-electron chi connectivity index (χ2n) is 3.51. The zero-order chi connectivity index (χ0) is 12.5. The fourth-order valence-corrected chi connectivity index (χ4v) is 1.64. The summed E-state index contributed by atoms with van der Waals surface area (Å²) in [5, 5.41) is 7.13. The van der Waals surface area contributed by atoms with E-state index in [1.165, 1.54) is 0 Å². The lowest BCUT2D eigenvalue weighted by Crippen LogP contribution is -2.38. The monoisotopic (exact) mass is 251 g/mol. The molecule has 92 valence electrons. The molecule has 0 unspecified atom stereocenters. The Morgan fingerprint density at radius 2 is 2.18 bits per heavy atom. The predicted octanol–water partition coefficient (Wildman–Crippen LogP) is 2.23. The van der Waals surface area contributed by atoms with Crippen molar-refractivity contribution in [3.63, 3.8) is 0 Å². The number of rotatable bonds is 5. The molecule has 0 saturated heterocycles. The SMILES string of the molecule is C=CCNC(=NC)NCCc1ccccc1Cl. The number of hydrogen-bond acceptors (Lipinski definition) is 1. The van der Waals surface area contributed by atoms with E-state index in [0.29, 0.717) is 6.54 Å². The van der Waals surface area contributed by atoms with Crippen molar-refractivity contribution in [2.24, 2.45) is 4.99 Å². The van der Waals surface area contributed by atoms with Crippen molar-refractivity contribution in [1.82, 2.24) is 10.6 Å². The molecule has 0 aliphatic rings. The van der Waals surface area contributed by atoms with Gasteiger partial charge in [0.15, 0.2) is 5.96 Å². The first kappa shape index (κ1) is 13.6. The zero-order valence-corrected chi connectivity index (χ0v) is 10.8. The van der Waals surface area contributed by atoms with Gasteiger partial charge in [0.1, 0.15) is 0 Å². The molecular formula is C13H18ClN3. The van der Waals surface area contributed by atoms with E-state index in [-0.39, 0.29) is 0 Å². The largest absolute Gasteiger partial charge is 0.356 e. The summed E-state index contributed by atoms with van der Waals surface area (Å²) in [6, 6.07) is 7.86. The van der Waals surface area contributed by atoms with Gasteiger partial charge in [-0.3, -0.25) is 4.99 Å². The van der Waals surface area contributed by atoms with Gasteiger partial charge in [-0.15, -0.1) is 6.58 Å². The maximum Gasteiger partial charge on any atom is 0.191 e. The first-order valence-electron chi connectivity index (χ1n) is 5.56. The number of hydrogen-bond donors (Lipinski definition) is 2. The molecule has 0 radical (unpaired) electrons. The summed E-state index contributed by atoms with van der Waals surface area (Å²) in [6.07, 6.45) is 2.66. The summed E-state index contributed by atoms with van der Waals surface area (Å²) in [5.74, 6) is 0.775. The van der Waals surface area contributed by atoms with Crippen LogP contribution in [0.25, 0.3) is 0 Å². The molecule has 0 spiro atoms. The molecule has 1 aromatic rings. The Balaban J connectivity index is 2.36. The highest BCUT2D eigenvalue weighted by molar-refractivity contribution is 6.31. The topological polar surface area (TPSA) is 36.4 Å². The number of guanidine groups is 1. The highest BCUT2D eigenvalue weighted by Gasteiger charge is 1.99. The second kappa shape index (κ2) is 7.74. The molecule has 0 atom stereocenters. The van der Waals surface area contributed by atoms with Crippen molar-refractivity contribution in [2.75, 3.05) is 20.1 Å².